The average Bonchev–Trinajstić information content (AvgIpc) is 3.09. The Kier molecular flexibility index (Phi) is 4.67. The molecule has 2 N–H and O–H groups in total. The smallest absolute Gasteiger partial charge is 0.222 e. The minimum Gasteiger partial charge on any atom is -0.495 e. The summed E-state index contributed by atoms with van der Waals surface area (Å²) in [6.07, 6.45) is 4.94. The summed E-state index contributed by atoms with van der Waals surface area (Å²) in [6, 6.07) is 9.06. The minimum atomic E-state index is -0.192. The van der Waals surface area contributed by atoms with Crippen molar-refractivity contribution in [2.45, 2.75) is 6.92 Å². The van der Waals surface area contributed by atoms with Crippen LogP contribution < -0.4 is 10.1 Å². The van der Waals surface area contributed by atoms with E-state index >= 15 is 0 Å². The van der Waals surface area contributed by atoms with Gasteiger partial charge >= 0.3 is 0 Å². The lowest BCUT2D eigenvalue weighted by atomic mass is 10.0. The number of hydrogen-bond donors (Lipinski definition) is 2. The van der Waals surface area contributed by atoms with E-state index in [0.717, 1.165) is 22.5 Å². The molecule has 0 saturated carbocycles. The van der Waals surface area contributed by atoms with Crippen molar-refractivity contribution < 1.29 is 9.53 Å². The van der Waals surface area contributed by atoms with Gasteiger partial charge in [-0.2, -0.15) is 0 Å². The van der Waals surface area contributed by atoms with Crippen molar-refractivity contribution in [1.29, 1.82) is 0 Å². The predicted molar refractivity (Wildman–Crippen MR) is 108 cm³/mol. The normalized spacial score (nSPS) is 10.8. The molecule has 0 bridgehead atoms. The van der Waals surface area contributed by atoms with Crippen molar-refractivity contribution in [3.8, 4) is 28.3 Å². The van der Waals surface area contributed by atoms with Gasteiger partial charge in [-0.3, -0.25) is 14.8 Å². The maximum absolute atomic E-state index is 11.4. The molecule has 28 heavy (non-hydrogen) atoms. The highest BCUT2D eigenvalue weighted by molar-refractivity contribution is 6.35. The molecule has 0 fully saturated rings. The highest BCUT2D eigenvalue weighted by Crippen LogP contribution is 2.39. The van der Waals surface area contributed by atoms with Crippen LogP contribution >= 0.6 is 11.6 Å². The van der Waals surface area contributed by atoms with Crippen molar-refractivity contribution in [2.24, 2.45) is 0 Å². The number of rotatable bonds is 4. The number of H-pyrrole nitrogens is 1. The third-order valence-corrected chi connectivity index (χ3v) is 4.53. The Balaban J connectivity index is 1.95. The van der Waals surface area contributed by atoms with Gasteiger partial charge in [0, 0.05) is 24.9 Å². The molecule has 0 radical (unpaired) electrons. The average molecular weight is 394 g/mol. The first-order valence-electron chi connectivity index (χ1n) is 8.47. The number of aromatic amines is 1. The monoisotopic (exact) mass is 393 g/mol. The van der Waals surface area contributed by atoms with Crippen LogP contribution in [0.15, 0.2) is 48.9 Å². The summed E-state index contributed by atoms with van der Waals surface area (Å²) in [5.74, 6) is 0.924. The Bertz CT molecular complexity index is 1170. The first kappa shape index (κ1) is 17.9. The number of aromatic nitrogens is 4. The first-order chi connectivity index (χ1) is 13.6. The summed E-state index contributed by atoms with van der Waals surface area (Å²) >= 11 is 6.38. The van der Waals surface area contributed by atoms with Crippen LogP contribution in [-0.2, 0) is 4.79 Å². The van der Waals surface area contributed by atoms with E-state index in [-0.39, 0.29) is 5.91 Å². The van der Waals surface area contributed by atoms with Gasteiger partial charge in [-0.25, -0.2) is 4.98 Å². The van der Waals surface area contributed by atoms with E-state index in [1.54, 1.807) is 37.8 Å². The number of amides is 1. The molecule has 0 aliphatic heterocycles. The second-order valence-electron chi connectivity index (χ2n) is 6.09. The van der Waals surface area contributed by atoms with E-state index < -0.39 is 0 Å². The van der Waals surface area contributed by atoms with Gasteiger partial charge in [0.1, 0.15) is 11.6 Å². The second-order valence-corrected chi connectivity index (χ2v) is 6.49. The molecule has 1 amide bonds. The molecule has 0 atom stereocenters. The highest BCUT2D eigenvalue weighted by atomic mass is 35.5. The number of carbonyl (C=O) groups excluding carboxylic acids is 1. The second kappa shape index (κ2) is 7.28. The molecule has 4 heterocycles. The Morgan fingerprint density at radius 3 is 2.68 bits per heavy atom. The van der Waals surface area contributed by atoms with Gasteiger partial charge in [0.25, 0.3) is 0 Å². The standard InChI is InChI=1S/C20H16ClN5O2/c1-11(27)25-16-9-12(5-7-22-16)18-17(15-4-3-13(28-2)10-24-15)20-19(26-18)14(21)6-8-23-20/h3-10,26H,1-2H3,(H,22,25,27). The number of methoxy groups -OCH3 is 1. The predicted octanol–water partition coefficient (Wildman–Crippen LogP) is 4.31. The van der Waals surface area contributed by atoms with Crippen LogP contribution in [0.4, 0.5) is 5.82 Å². The fourth-order valence-corrected chi connectivity index (χ4v) is 3.20. The number of pyridine rings is 3. The van der Waals surface area contributed by atoms with Crippen molar-refractivity contribution in [3.63, 3.8) is 0 Å². The number of nitrogens with zero attached hydrogens (tertiary/aromatic N) is 3. The molecule has 0 aromatic carbocycles. The molecule has 4 aromatic heterocycles. The van der Waals surface area contributed by atoms with Crippen molar-refractivity contribution in [3.05, 3.63) is 53.9 Å². The molecule has 4 rings (SSSR count). The quantitative estimate of drug-likeness (QED) is 0.539. The zero-order valence-corrected chi connectivity index (χ0v) is 15.9. The number of carbonyl (C=O) groups is 1. The summed E-state index contributed by atoms with van der Waals surface area (Å²) in [5, 5.41) is 3.25. The molecule has 0 unspecified atom stereocenters. The van der Waals surface area contributed by atoms with Crippen LogP contribution in [0.25, 0.3) is 33.5 Å². The van der Waals surface area contributed by atoms with E-state index in [1.165, 1.54) is 6.92 Å². The van der Waals surface area contributed by atoms with Crippen LogP contribution in [-0.4, -0.2) is 33.0 Å². The lowest BCUT2D eigenvalue weighted by Gasteiger charge is -2.07. The van der Waals surface area contributed by atoms with Crippen LogP contribution in [0.3, 0.4) is 0 Å². The maximum Gasteiger partial charge on any atom is 0.222 e. The summed E-state index contributed by atoms with van der Waals surface area (Å²) in [5.41, 5.74) is 4.54. The highest BCUT2D eigenvalue weighted by Gasteiger charge is 2.19. The topological polar surface area (TPSA) is 92.8 Å². The SMILES string of the molecule is COc1ccc(-c2c(-c3ccnc(NC(C)=O)c3)[nH]c3c(Cl)ccnc23)nc1. The summed E-state index contributed by atoms with van der Waals surface area (Å²) in [6.45, 7) is 1.44. The molecule has 0 aliphatic carbocycles. The Labute approximate surface area is 165 Å². The van der Waals surface area contributed by atoms with Gasteiger partial charge in [0.05, 0.1) is 46.3 Å². The molecule has 0 aliphatic rings. The molecular weight excluding hydrogens is 378 g/mol. The van der Waals surface area contributed by atoms with Crippen LogP contribution in [0.2, 0.25) is 5.02 Å². The zero-order chi connectivity index (χ0) is 19.7. The van der Waals surface area contributed by atoms with Crippen molar-refractivity contribution >= 4 is 34.4 Å². The van der Waals surface area contributed by atoms with E-state index in [1.807, 2.05) is 18.2 Å². The van der Waals surface area contributed by atoms with E-state index in [2.05, 4.69) is 25.3 Å². The van der Waals surface area contributed by atoms with Gasteiger partial charge in [0.15, 0.2) is 0 Å². The molecule has 140 valence electrons. The lowest BCUT2D eigenvalue weighted by molar-refractivity contribution is -0.114. The Morgan fingerprint density at radius 2 is 1.96 bits per heavy atom. The van der Waals surface area contributed by atoms with Crippen molar-refractivity contribution in [1.82, 2.24) is 19.9 Å². The van der Waals surface area contributed by atoms with Crippen LogP contribution in [0.1, 0.15) is 6.92 Å². The minimum absolute atomic E-state index is 0.192. The van der Waals surface area contributed by atoms with E-state index in [4.69, 9.17) is 16.3 Å². The molecular formula is C20H16ClN5O2. The molecule has 8 heteroatoms. The fraction of sp³-hybridized carbons (Fsp3) is 0.100. The number of nitrogens with one attached hydrogen (secondary N) is 2. The zero-order valence-electron chi connectivity index (χ0n) is 15.2. The molecule has 0 spiro atoms. The van der Waals surface area contributed by atoms with Crippen LogP contribution in [0, 0.1) is 0 Å². The lowest BCUT2D eigenvalue weighted by Crippen LogP contribution is -2.07. The Morgan fingerprint density at radius 1 is 1.14 bits per heavy atom. The fourth-order valence-electron chi connectivity index (χ4n) is 3.00. The molecule has 4 aromatic rings. The van der Waals surface area contributed by atoms with Gasteiger partial charge in [-0.15, -0.1) is 0 Å². The number of ether oxygens (including phenoxy) is 1. The van der Waals surface area contributed by atoms with Crippen LogP contribution in [0.5, 0.6) is 5.75 Å². The number of anilines is 1. The number of fused-ring (bicyclic) bond motifs is 1. The first-order valence-corrected chi connectivity index (χ1v) is 8.85. The van der Waals surface area contributed by atoms with Gasteiger partial charge in [-0.05, 0) is 30.3 Å². The summed E-state index contributed by atoms with van der Waals surface area (Å²) in [7, 11) is 1.59. The summed E-state index contributed by atoms with van der Waals surface area (Å²) in [4.78, 5) is 27.9. The van der Waals surface area contributed by atoms with Gasteiger partial charge < -0.3 is 15.0 Å². The van der Waals surface area contributed by atoms with E-state index in [0.29, 0.717) is 27.6 Å². The van der Waals surface area contributed by atoms with Gasteiger partial charge in [0.2, 0.25) is 5.91 Å². The third kappa shape index (κ3) is 3.27. The third-order valence-electron chi connectivity index (χ3n) is 4.22. The number of hydrogen-bond acceptors (Lipinski definition) is 5. The molecule has 7 nitrogen and oxygen atoms in total. The van der Waals surface area contributed by atoms with Gasteiger partial charge in [-0.1, -0.05) is 11.6 Å². The van der Waals surface area contributed by atoms with Crippen molar-refractivity contribution in [2.75, 3.05) is 12.4 Å². The van der Waals surface area contributed by atoms with E-state index in [9.17, 15) is 4.79 Å². The largest absolute Gasteiger partial charge is 0.495 e. The Hall–Kier alpha value is -3.45. The maximum atomic E-state index is 11.4. The summed E-state index contributed by atoms with van der Waals surface area (Å²) < 4.78 is 5.21. The number of halogens is 1. The molecule has 0 saturated heterocycles.